The van der Waals surface area contributed by atoms with E-state index in [4.69, 9.17) is 12.2 Å². The first-order valence-electron chi connectivity index (χ1n) is 4.85. The summed E-state index contributed by atoms with van der Waals surface area (Å²) >= 11 is 11.6. The maximum Gasteiger partial charge on any atom is 0.223 e. The first-order chi connectivity index (χ1) is 8.04. The average Bonchev–Trinajstić information content (AvgIpc) is 2.25. The molecule has 0 heterocycles. The summed E-state index contributed by atoms with van der Waals surface area (Å²) < 4.78 is 1.48. The Morgan fingerprint density at radius 2 is 2.24 bits per heavy atom. The van der Waals surface area contributed by atoms with E-state index in [0.29, 0.717) is 15.1 Å². The van der Waals surface area contributed by atoms with Crippen molar-refractivity contribution < 1.29 is 10.2 Å². The number of thiocarbonyl (C=S) groups is 1. The minimum absolute atomic E-state index is 0.164. The van der Waals surface area contributed by atoms with Gasteiger partial charge < -0.3 is 10.4 Å². The molecule has 0 saturated carbocycles. The zero-order chi connectivity index (χ0) is 12.8. The summed E-state index contributed by atoms with van der Waals surface area (Å²) in [5.41, 5.74) is 3.41. The van der Waals surface area contributed by atoms with Crippen LogP contribution in [0.3, 0.4) is 0 Å². The van der Waals surface area contributed by atoms with Crippen molar-refractivity contribution in [1.29, 1.82) is 0 Å². The number of hydrazine groups is 1. The number of rotatable bonds is 3. The number of aromatic hydroxyl groups is 1. The van der Waals surface area contributed by atoms with Crippen LogP contribution >= 0.6 is 44.1 Å². The zero-order valence-corrected chi connectivity index (χ0v) is 13.0. The molecular weight excluding hydrogens is 370 g/mol. The quantitative estimate of drug-likeness (QED) is 0.355. The summed E-state index contributed by atoms with van der Waals surface area (Å²) in [4.78, 5) is 0. The van der Waals surface area contributed by atoms with E-state index in [1.54, 1.807) is 18.3 Å². The Bertz CT molecular complexity index is 451. The Balaban J connectivity index is 2.74. The van der Waals surface area contributed by atoms with E-state index in [0.717, 1.165) is 11.0 Å². The van der Waals surface area contributed by atoms with Gasteiger partial charge in [-0.3, -0.25) is 0 Å². The third-order valence-corrected chi connectivity index (χ3v) is 3.12. The molecule has 0 spiro atoms. The number of phenols is 1. The van der Waals surface area contributed by atoms with Crippen molar-refractivity contribution in [3.05, 3.63) is 26.6 Å². The molecule has 0 aliphatic carbocycles. The molecule has 0 aromatic heterocycles. The average molecular weight is 382 g/mol. The van der Waals surface area contributed by atoms with E-state index in [-0.39, 0.29) is 5.75 Å². The molecule has 0 saturated heterocycles. The van der Waals surface area contributed by atoms with Gasteiger partial charge in [0.15, 0.2) is 0 Å². The van der Waals surface area contributed by atoms with E-state index in [9.17, 15) is 5.11 Å². The molecular formula is C10H12Br2N3OS+. The lowest BCUT2D eigenvalue weighted by atomic mass is 10.2. The second kappa shape index (κ2) is 6.93. The number of halogens is 2. The highest BCUT2D eigenvalue weighted by Gasteiger charge is 2.07. The van der Waals surface area contributed by atoms with Crippen LogP contribution < -0.4 is 15.8 Å². The first-order valence-corrected chi connectivity index (χ1v) is 6.84. The van der Waals surface area contributed by atoms with E-state index in [1.165, 1.54) is 0 Å². The van der Waals surface area contributed by atoms with Crippen molar-refractivity contribution in [1.82, 2.24) is 10.7 Å². The molecule has 1 aromatic carbocycles. The van der Waals surface area contributed by atoms with Gasteiger partial charge in [0.25, 0.3) is 0 Å². The SMILES string of the molecule is CCNC(=S)N[NH+]=Cc1cc(Br)cc(Br)c1O. The number of benzene rings is 1. The lowest BCUT2D eigenvalue weighted by Gasteiger charge is -2.01. The minimum atomic E-state index is 0.164. The van der Waals surface area contributed by atoms with Crippen molar-refractivity contribution in [3.63, 3.8) is 0 Å². The number of hydrogen-bond donors (Lipinski definition) is 4. The predicted octanol–water partition coefficient (Wildman–Crippen LogP) is 0.816. The summed E-state index contributed by atoms with van der Waals surface area (Å²) in [6, 6.07) is 3.55. The largest absolute Gasteiger partial charge is 0.506 e. The summed E-state index contributed by atoms with van der Waals surface area (Å²) in [5, 5.41) is 16.0. The van der Waals surface area contributed by atoms with Crippen LogP contribution in [-0.2, 0) is 0 Å². The fourth-order valence-electron chi connectivity index (χ4n) is 1.08. The molecule has 4 N–H and O–H groups in total. The van der Waals surface area contributed by atoms with Crippen molar-refractivity contribution >= 4 is 55.4 Å². The minimum Gasteiger partial charge on any atom is -0.506 e. The Labute approximate surface area is 122 Å². The van der Waals surface area contributed by atoms with Crippen molar-refractivity contribution in [2.24, 2.45) is 0 Å². The van der Waals surface area contributed by atoms with Crippen LogP contribution in [0.4, 0.5) is 0 Å². The van der Waals surface area contributed by atoms with Crippen LogP contribution in [0.25, 0.3) is 0 Å². The number of hydrazone groups is 1. The summed E-state index contributed by atoms with van der Waals surface area (Å²) in [5.74, 6) is 0.164. The molecule has 1 aromatic rings. The third-order valence-electron chi connectivity index (χ3n) is 1.81. The normalized spacial score (nSPS) is 10.5. The molecule has 0 fully saturated rings. The van der Waals surface area contributed by atoms with Crippen molar-refractivity contribution in [3.8, 4) is 5.75 Å². The van der Waals surface area contributed by atoms with Crippen molar-refractivity contribution in [2.45, 2.75) is 6.92 Å². The smallest absolute Gasteiger partial charge is 0.223 e. The standard InChI is InChI=1S/C10H11Br2N3OS/c1-2-13-10(17)15-14-5-6-3-7(11)4-8(12)9(6)16/h3-5,16H,2H2,1H3,(H2,13,15,17)/p+1. The van der Waals surface area contributed by atoms with Gasteiger partial charge in [0, 0.05) is 11.0 Å². The molecule has 0 aliphatic rings. The zero-order valence-electron chi connectivity index (χ0n) is 9.05. The molecule has 92 valence electrons. The van der Waals surface area contributed by atoms with Crippen LogP contribution in [0.5, 0.6) is 5.75 Å². The van der Waals surface area contributed by atoms with Gasteiger partial charge in [0.2, 0.25) is 11.3 Å². The molecule has 4 nitrogen and oxygen atoms in total. The lowest BCUT2D eigenvalue weighted by Crippen LogP contribution is -2.82. The highest BCUT2D eigenvalue weighted by Crippen LogP contribution is 2.30. The number of hydrogen-bond acceptors (Lipinski definition) is 2. The molecule has 0 radical (unpaired) electrons. The molecule has 0 atom stereocenters. The molecule has 0 bridgehead atoms. The molecule has 0 amide bonds. The van der Waals surface area contributed by atoms with Gasteiger partial charge in [-0.2, -0.15) is 0 Å². The molecule has 1 rings (SSSR count). The monoisotopic (exact) mass is 380 g/mol. The fourth-order valence-corrected chi connectivity index (χ4v) is 2.54. The predicted molar refractivity (Wildman–Crippen MR) is 79.0 cm³/mol. The summed E-state index contributed by atoms with van der Waals surface area (Å²) in [7, 11) is 0. The van der Waals surface area contributed by atoms with Gasteiger partial charge in [-0.1, -0.05) is 15.9 Å². The van der Waals surface area contributed by atoms with Crippen LogP contribution in [0.1, 0.15) is 12.5 Å². The van der Waals surface area contributed by atoms with Gasteiger partial charge in [-0.15, -0.1) is 10.5 Å². The Morgan fingerprint density at radius 3 is 2.88 bits per heavy atom. The van der Waals surface area contributed by atoms with Gasteiger partial charge >= 0.3 is 0 Å². The van der Waals surface area contributed by atoms with Crippen LogP contribution in [0.2, 0.25) is 0 Å². The Hall–Kier alpha value is -0.660. The molecule has 17 heavy (non-hydrogen) atoms. The lowest BCUT2D eigenvalue weighted by molar-refractivity contribution is -0.500. The number of nitrogens with one attached hydrogen (secondary N) is 3. The van der Waals surface area contributed by atoms with Gasteiger partial charge in [-0.25, -0.2) is 0 Å². The van der Waals surface area contributed by atoms with Crippen LogP contribution in [0.15, 0.2) is 21.1 Å². The highest BCUT2D eigenvalue weighted by atomic mass is 79.9. The van der Waals surface area contributed by atoms with Crippen LogP contribution in [-0.4, -0.2) is 23.0 Å². The van der Waals surface area contributed by atoms with Gasteiger partial charge in [-0.05, 0) is 47.2 Å². The van der Waals surface area contributed by atoms with Crippen LogP contribution in [0, 0.1) is 0 Å². The Kier molecular flexibility index (Phi) is 5.87. The summed E-state index contributed by atoms with van der Waals surface area (Å²) in [6.07, 6.45) is 1.62. The highest BCUT2D eigenvalue weighted by molar-refractivity contribution is 9.11. The Morgan fingerprint density at radius 1 is 1.53 bits per heavy atom. The second-order valence-electron chi connectivity index (χ2n) is 3.10. The number of phenolic OH excluding ortho intramolecular Hbond substituents is 1. The summed E-state index contributed by atoms with van der Waals surface area (Å²) in [6.45, 7) is 2.70. The maximum atomic E-state index is 9.78. The third kappa shape index (κ3) is 4.61. The van der Waals surface area contributed by atoms with E-state index in [1.807, 2.05) is 6.92 Å². The second-order valence-corrected chi connectivity index (χ2v) is 5.28. The topological polar surface area (TPSA) is 58.3 Å². The van der Waals surface area contributed by atoms with E-state index < -0.39 is 0 Å². The molecule has 0 unspecified atom stereocenters. The van der Waals surface area contributed by atoms with E-state index in [2.05, 4.69) is 47.7 Å². The van der Waals surface area contributed by atoms with Gasteiger partial charge in [0.1, 0.15) is 5.75 Å². The first kappa shape index (κ1) is 14.4. The fraction of sp³-hybridized carbons (Fsp3) is 0.200. The maximum absolute atomic E-state index is 9.78. The van der Waals surface area contributed by atoms with E-state index >= 15 is 0 Å². The molecule has 7 heteroatoms. The molecule has 0 aliphatic heterocycles. The van der Waals surface area contributed by atoms with Gasteiger partial charge in [0.05, 0.1) is 10.0 Å². The van der Waals surface area contributed by atoms with Crippen molar-refractivity contribution in [2.75, 3.05) is 6.54 Å².